The Morgan fingerprint density at radius 2 is 1.70 bits per heavy atom. The SMILES string of the molecule is Cc1cc(NC(=O)C(=O)N(C)C)cc(C)c1S(=O)(=O)C[N+](=O)[O-]. The van der Waals surface area contributed by atoms with E-state index >= 15 is 0 Å². The zero-order valence-electron chi connectivity index (χ0n) is 13.1. The second-order valence-corrected chi connectivity index (χ2v) is 7.07. The van der Waals surface area contributed by atoms with Gasteiger partial charge in [0.25, 0.3) is 0 Å². The maximum Gasteiger partial charge on any atom is 0.313 e. The number of benzene rings is 1. The molecule has 0 aliphatic heterocycles. The van der Waals surface area contributed by atoms with E-state index in [1.54, 1.807) is 0 Å². The third-order valence-electron chi connectivity index (χ3n) is 2.90. The molecule has 0 spiro atoms. The number of aryl methyl sites for hydroxylation is 2. The molecule has 0 saturated carbocycles. The van der Waals surface area contributed by atoms with Gasteiger partial charge >= 0.3 is 17.7 Å². The molecule has 1 aromatic rings. The summed E-state index contributed by atoms with van der Waals surface area (Å²) in [4.78, 5) is 33.7. The summed E-state index contributed by atoms with van der Waals surface area (Å²) in [6.45, 7) is 2.92. The lowest BCUT2D eigenvalue weighted by Crippen LogP contribution is -2.34. The molecular formula is C13H17N3O6S. The highest BCUT2D eigenvalue weighted by Crippen LogP contribution is 2.25. The van der Waals surface area contributed by atoms with Gasteiger partial charge in [0.05, 0.1) is 4.90 Å². The van der Waals surface area contributed by atoms with Crippen molar-refractivity contribution in [3.05, 3.63) is 33.4 Å². The van der Waals surface area contributed by atoms with Gasteiger partial charge in [-0.1, -0.05) is 0 Å². The van der Waals surface area contributed by atoms with Gasteiger partial charge in [-0.05, 0) is 37.1 Å². The quantitative estimate of drug-likeness (QED) is 0.477. The third kappa shape index (κ3) is 4.49. The molecule has 1 aromatic carbocycles. The van der Waals surface area contributed by atoms with Crippen molar-refractivity contribution in [1.29, 1.82) is 0 Å². The van der Waals surface area contributed by atoms with Crippen LogP contribution in [-0.2, 0) is 19.4 Å². The first kappa shape index (κ1) is 18.6. The molecule has 1 N–H and O–H groups in total. The second-order valence-electron chi connectivity index (χ2n) is 5.17. The van der Waals surface area contributed by atoms with Crippen molar-refractivity contribution in [3.8, 4) is 0 Å². The van der Waals surface area contributed by atoms with Gasteiger partial charge in [-0.25, -0.2) is 8.42 Å². The highest BCUT2D eigenvalue weighted by molar-refractivity contribution is 7.91. The average Bonchev–Trinajstić information content (AvgIpc) is 2.34. The largest absolute Gasteiger partial charge is 0.341 e. The first-order valence-corrected chi connectivity index (χ1v) is 8.09. The van der Waals surface area contributed by atoms with E-state index in [0.717, 1.165) is 4.90 Å². The Labute approximate surface area is 133 Å². The minimum atomic E-state index is -4.08. The van der Waals surface area contributed by atoms with Gasteiger partial charge in [-0.3, -0.25) is 19.7 Å². The number of sulfone groups is 1. The lowest BCUT2D eigenvalue weighted by Gasteiger charge is -2.13. The lowest BCUT2D eigenvalue weighted by molar-refractivity contribution is -0.458. The molecule has 2 amide bonds. The predicted molar refractivity (Wildman–Crippen MR) is 82.3 cm³/mol. The van der Waals surface area contributed by atoms with Crippen LogP contribution < -0.4 is 5.32 Å². The van der Waals surface area contributed by atoms with Crippen LogP contribution in [0.15, 0.2) is 17.0 Å². The summed E-state index contributed by atoms with van der Waals surface area (Å²) >= 11 is 0. The van der Waals surface area contributed by atoms with Crippen molar-refractivity contribution in [1.82, 2.24) is 4.90 Å². The van der Waals surface area contributed by atoms with Crippen LogP contribution in [0.4, 0.5) is 5.69 Å². The zero-order chi connectivity index (χ0) is 17.9. The summed E-state index contributed by atoms with van der Waals surface area (Å²) in [5, 5.41) is 12.9. The van der Waals surface area contributed by atoms with Crippen LogP contribution in [0.3, 0.4) is 0 Å². The van der Waals surface area contributed by atoms with E-state index in [2.05, 4.69) is 5.32 Å². The van der Waals surface area contributed by atoms with Crippen molar-refractivity contribution in [2.24, 2.45) is 0 Å². The fourth-order valence-electron chi connectivity index (χ4n) is 2.10. The summed E-state index contributed by atoms with van der Waals surface area (Å²) < 4.78 is 24.1. The lowest BCUT2D eigenvalue weighted by atomic mass is 10.1. The molecule has 126 valence electrons. The second kappa shape index (κ2) is 6.73. The normalized spacial score (nSPS) is 11.0. The summed E-state index contributed by atoms with van der Waals surface area (Å²) in [6, 6.07) is 2.70. The first-order valence-electron chi connectivity index (χ1n) is 6.44. The Balaban J connectivity index is 3.19. The molecule has 1 rings (SSSR count). The van der Waals surface area contributed by atoms with Crippen molar-refractivity contribution >= 4 is 27.3 Å². The van der Waals surface area contributed by atoms with Crippen LogP contribution in [0, 0.1) is 24.0 Å². The van der Waals surface area contributed by atoms with Gasteiger partial charge in [0.2, 0.25) is 9.84 Å². The number of hydrogen-bond donors (Lipinski definition) is 1. The van der Waals surface area contributed by atoms with Gasteiger partial charge in [0, 0.05) is 24.7 Å². The van der Waals surface area contributed by atoms with Gasteiger partial charge in [0.1, 0.15) is 0 Å². The number of nitro groups is 1. The number of rotatable bonds is 4. The highest BCUT2D eigenvalue weighted by Gasteiger charge is 2.26. The molecule has 0 radical (unpaired) electrons. The number of nitrogens with zero attached hydrogens (tertiary/aromatic N) is 2. The number of carbonyl (C=O) groups is 2. The molecule has 9 nitrogen and oxygen atoms in total. The fraction of sp³-hybridized carbons (Fsp3) is 0.385. The number of carbonyl (C=O) groups excluding carboxylic acids is 2. The summed E-state index contributed by atoms with van der Waals surface area (Å²) in [5.41, 5.74) is 0.735. The standard InChI is InChI=1S/C13H17N3O6S/c1-8-5-10(14-12(17)13(18)15(3)4)6-9(2)11(8)23(21,22)7-16(19)20/h5-6H,7H2,1-4H3,(H,14,17). The topological polar surface area (TPSA) is 127 Å². The number of likely N-dealkylation sites (N-methyl/N-ethyl adjacent to an activating group) is 1. The monoisotopic (exact) mass is 343 g/mol. The van der Waals surface area contributed by atoms with Crippen molar-refractivity contribution in [2.45, 2.75) is 18.7 Å². The molecule has 0 heterocycles. The predicted octanol–water partition coefficient (Wildman–Crippen LogP) is 0.338. The average molecular weight is 343 g/mol. The van der Waals surface area contributed by atoms with E-state index in [1.807, 2.05) is 0 Å². The van der Waals surface area contributed by atoms with Crippen LogP contribution in [0.5, 0.6) is 0 Å². The van der Waals surface area contributed by atoms with Gasteiger partial charge in [-0.15, -0.1) is 0 Å². The third-order valence-corrected chi connectivity index (χ3v) is 4.72. The molecule has 10 heteroatoms. The number of anilines is 1. The zero-order valence-corrected chi connectivity index (χ0v) is 13.9. The van der Waals surface area contributed by atoms with E-state index in [-0.39, 0.29) is 21.7 Å². The van der Waals surface area contributed by atoms with Crippen molar-refractivity contribution in [3.63, 3.8) is 0 Å². The van der Waals surface area contributed by atoms with Crippen molar-refractivity contribution < 1.29 is 22.9 Å². The summed E-state index contributed by atoms with van der Waals surface area (Å²) in [5.74, 6) is -2.83. The maximum atomic E-state index is 12.0. The van der Waals surface area contributed by atoms with Gasteiger partial charge < -0.3 is 10.2 Å². The molecule has 0 saturated heterocycles. The summed E-state index contributed by atoms with van der Waals surface area (Å²) in [7, 11) is -1.24. The van der Waals surface area contributed by atoms with Crippen molar-refractivity contribution in [2.75, 3.05) is 25.3 Å². The Morgan fingerprint density at radius 3 is 2.09 bits per heavy atom. The van der Waals surface area contributed by atoms with Crippen LogP contribution in [0.25, 0.3) is 0 Å². The number of nitrogens with one attached hydrogen (secondary N) is 1. The molecule has 0 aliphatic rings. The smallest absolute Gasteiger partial charge is 0.313 e. The maximum absolute atomic E-state index is 12.0. The Bertz CT molecular complexity index is 747. The molecule has 0 aromatic heterocycles. The van der Waals surface area contributed by atoms with E-state index in [9.17, 15) is 28.1 Å². The highest BCUT2D eigenvalue weighted by atomic mass is 32.2. The molecule has 0 fully saturated rings. The van der Waals surface area contributed by atoms with Crippen LogP contribution in [0.2, 0.25) is 0 Å². The van der Waals surface area contributed by atoms with E-state index < -0.39 is 32.5 Å². The molecule has 23 heavy (non-hydrogen) atoms. The minimum Gasteiger partial charge on any atom is -0.341 e. The van der Waals surface area contributed by atoms with Gasteiger partial charge in [-0.2, -0.15) is 0 Å². The first-order chi connectivity index (χ1) is 10.5. The Kier molecular flexibility index (Phi) is 5.43. The molecule has 0 aliphatic carbocycles. The van der Waals surface area contributed by atoms with Crippen LogP contribution in [-0.4, -0.2) is 50.0 Å². The molecule has 0 bridgehead atoms. The van der Waals surface area contributed by atoms with Crippen LogP contribution >= 0.6 is 0 Å². The Hall–Kier alpha value is -2.49. The van der Waals surface area contributed by atoms with Gasteiger partial charge in [0.15, 0.2) is 0 Å². The van der Waals surface area contributed by atoms with E-state index in [0.29, 0.717) is 0 Å². The molecule has 0 atom stereocenters. The molecule has 0 unspecified atom stereocenters. The number of amides is 2. The molecular weight excluding hydrogens is 326 g/mol. The van der Waals surface area contributed by atoms with E-state index in [4.69, 9.17) is 0 Å². The number of hydrogen-bond acceptors (Lipinski definition) is 6. The van der Waals surface area contributed by atoms with E-state index in [1.165, 1.54) is 40.1 Å². The fourth-order valence-corrected chi connectivity index (χ4v) is 3.61. The minimum absolute atomic E-state index is 0.147. The summed E-state index contributed by atoms with van der Waals surface area (Å²) in [6.07, 6.45) is 0. The van der Waals surface area contributed by atoms with Crippen LogP contribution in [0.1, 0.15) is 11.1 Å². The Morgan fingerprint density at radius 1 is 1.22 bits per heavy atom.